The second kappa shape index (κ2) is 1.33. The van der Waals surface area contributed by atoms with Crippen LogP contribution in [-0.2, 0) is 14.2 Å². The largest absolute Gasteiger partial charge is 0.513 e. The van der Waals surface area contributed by atoms with Crippen LogP contribution in [0.4, 0.5) is 4.79 Å². The zero-order valence-corrected chi connectivity index (χ0v) is 5.05. The number of hydrogen-bond acceptors (Lipinski definition) is 4. The number of hydrogen-bond donors (Lipinski definition) is 0. The molecular weight excluding hydrogens is 147 g/mol. The molecular formula is C4H3ClO4. The smallest absolute Gasteiger partial charge is 0.397 e. The second-order valence-corrected chi connectivity index (χ2v) is 2.13. The van der Waals surface area contributed by atoms with Crippen molar-refractivity contribution >= 4 is 17.8 Å². The highest BCUT2D eigenvalue weighted by atomic mass is 35.5. The van der Waals surface area contributed by atoms with Gasteiger partial charge in [-0.25, -0.2) is 4.79 Å². The number of halogens is 1. The van der Waals surface area contributed by atoms with E-state index in [2.05, 4.69) is 9.47 Å². The van der Waals surface area contributed by atoms with Gasteiger partial charge in [0.05, 0.1) is 5.88 Å². The lowest BCUT2D eigenvalue weighted by Gasteiger charge is -1.98. The zero-order chi connectivity index (χ0) is 6.48. The summed E-state index contributed by atoms with van der Waals surface area (Å²) in [5, 5.41) is 0. The Hall–Kier alpha value is -0.480. The highest BCUT2D eigenvalue weighted by Crippen LogP contribution is 2.45. The summed E-state index contributed by atoms with van der Waals surface area (Å²) in [6.07, 6.45) is -1.26. The maximum Gasteiger partial charge on any atom is 0.513 e. The molecule has 2 saturated heterocycles. The lowest BCUT2D eigenvalue weighted by molar-refractivity contribution is -0.0228. The van der Waals surface area contributed by atoms with Crippen LogP contribution < -0.4 is 0 Å². The standard InChI is InChI=1S/C4H3ClO4/c5-1-4-2(8-4)7-3(6)9-4/h2H,1H2. The first-order valence-electron chi connectivity index (χ1n) is 2.40. The van der Waals surface area contributed by atoms with Crippen LogP contribution in [-0.4, -0.2) is 24.1 Å². The van der Waals surface area contributed by atoms with E-state index >= 15 is 0 Å². The van der Waals surface area contributed by atoms with Crippen LogP contribution in [0.3, 0.4) is 0 Å². The quantitative estimate of drug-likeness (QED) is 0.309. The number of carbonyl (C=O) groups is 1. The number of alkyl halides is 1. The third-order valence-corrected chi connectivity index (χ3v) is 1.63. The van der Waals surface area contributed by atoms with Gasteiger partial charge in [-0.3, -0.25) is 4.74 Å². The first-order valence-corrected chi connectivity index (χ1v) is 2.94. The molecule has 2 heterocycles. The van der Waals surface area contributed by atoms with Crippen LogP contribution in [0.25, 0.3) is 0 Å². The molecule has 2 aliphatic heterocycles. The Morgan fingerprint density at radius 2 is 2.56 bits per heavy atom. The van der Waals surface area contributed by atoms with Gasteiger partial charge in [-0.05, 0) is 0 Å². The predicted molar refractivity (Wildman–Crippen MR) is 25.9 cm³/mol. The minimum absolute atomic E-state index is 0.128. The molecule has 2 unspecified atom stereocenters. The number of rotatable bonds is 1. The second-order valence-electron chi connectivity index (χ2n) is 1.87. The zero-order valence-electron chi connectivity index (χ0n) is 4.30. The van der Waals surface area contributed by atoms with E-state index in [1.165, 1.54) is 0 Å². The van der Waals surface area contributed by atoms with E-state index in [0.29, 0.717) is 0 Å². The Morgan fingerprint density at radius 1 is 1.78 bits per heavy atom. The average molecular weight is 151 g/mol. The van der Waals surface area contributed by atoms with E-state index < -0.39 is 18.2 Å². The average Bonchev–Trinajstić information content (AvgIpc) is 2.38. The summed E-state index contributed by atoms with van der Waals surface area (Å²) in [5.41, 5.74) is 0. The molecule has 0 amide bonds. The molecule has 0 aromatic heterocycles. The highest BCUT2D eigenvalue weighted by molar-refractivity contribution is 6.18. The summed E-state index contributed by atoms with van der Waals surface area (Å²) >= 11 is 5.37. The highest BCUT2D eigenvalue weighted by Gasteiger charge is 2.69. The summed E-state index contributed by atoms with van der Waals surface area (Å²) < 4.78 is 13.8. The van der Waals surface area contributed by atoms with Crippen LogP contribution in [0, 0.1) is 0 Å². The first kappa shape index (κ1) is 5.32. The molecule has 0 radical (unpaired) electrons. The fraction of sp³-hybridized carbons (Fsp3) is 0.750. The molecule has 2 fully saturated rings. The third-order valence-electron chi connectivity index (χ3n) is 1.25. The van der Waals surface area contributed by atoms with Gasteiger partial charge >= 0.3 is 6.16 Å². The lowest BCUT2D eigenvalue weighted by Crippen LogP contribution is -2.16. The minimum atomic E-state index is -0.932. The Balaban J connectivity index is 2.13. The molecule has 9 heavy (non-hydrogen) atoms. The van der Waals surface area contributed by atoms with E-state index in [0.717, 1.165) is 0 Å². The normalized spacial score (nSPS) is 45.4. The van der Waals surface area contributed by atoms with Crippen molar-refractivity contribution in [3.05, 3.63) is 0 Å². The molecule has 0 aromatic rings. The van der Waals surface area contributed by atoms with Gasteiger partial charge in [0.2, 0.25) is 0 Å². The molecule has 2 atom stereocenters. The third kappa shape index (κ3) is 0.544. The van der Waals surface area contributed by atoms with Gasteiger partial charge < -0.3 is 9.47 Å². The number of epoxide rings is 1. The van der Waals surface area contributed by atoms with E-state index in [-0.39, 0.29) is 5.88 Å². The SMILES string of the molecule is O=C1OC2OC2(CCl)O1. The van der Waals surface area contributed by atoms with E-state index in [9.17, 15) is 4.79 Å². The predicted octanol–water partition coefficient (Wildman–Crippen LogP) is 0.445. The van der Waals surface area contributed by atoms with Gasteiger partial charge in [-0.15, -0.1) is 11.6 Å². The van der Waals surface area contributed by atoms with Crippen molar-refractivity contribution < 1.29 is 19.0 Å². The Bertz CT molecular complexity index is 166. The molecule has 0 aromatic carbocycles. The van der Waals surface area contributed by atoms with Crippen molar-refractivity contribution in [2.24, 2.45) is 0 Å². The first-order chi connectivity index (χ1) is 4.27. The van der Waals surface area contributed by atoms with Crippen molar-refractivity contribution in [2.75, 3.05) is 5.88 Å². The summed E-state index contributed by atoms with van der Waals surface area (Å²) in [7, 11) is 0. The molecule has 0 saturated carbocycles. The fourth-order valence-electron chi connectivity index (χ4n) is 0.707. The molecule has 5 heteroatoms. The Morgan fingerprint density at radius 3 is 2.89 bits per heavy atom. The molecule has 2 rings (SSSR count). The van der Waals surface area contributed by atoms with Crippen LogP contribution in [0.15, 0.2) is 0 Å². The van der Waals surface area contributed by atoms with Crippen molar-refractivity contribution in [3.63, 3.8) is 0 Å². The molecule has 0 aliphatic carbocycles. The number of fused-ring (bicyclic) bond motifs is 1. The van der Waals surface area contributed by atoms with Gasteiger partial charge in [-0.2, -0.15) is 0 Å². The summed E-state index contributed by atoms with van der Waals surface area (Å²) in [6.45, 7) is 0. The molecule has 0 spiro atoms. The van der Waals surface area contributed by atoms with Crippen LogP contribution in [0.1, 0.15) is 0 Å². The monoisotopic (exact) mass is 150 g/mol. The van der Waals surface area contributed by atoms with Crippen molar-refractivity contribution in [3.8, 4) is 0 Å². The van der Waals surface area contributed by atoms with E-state index in [1.54, 1.807) is 0 Å². The van der Waals surface area contributed by atoms with Crippen LogP contribution in [0.2, 0.25) is 0 Å². The molecule has 50 valence electrons. The summed E-state index contributed by atoms with van der Waals surface area (Å²) in [6, 6.07) is 0. The molecule has 0 bridgehead atoms. The van der Waals surface area contributed by atoms with Gasteiger partial charge in [0.1, 0.15) is 0 Å². The number of ether oxygens (including phenoxy) is 3. The Kier molecular flexibility index (Phi) is 0.784. The van der Waals surface area contributed by atoms with Gasteiger partial charge in [0.25, 0.3) is 12.1 Å². The minimum Gasteiger partial charge on any atom is -0.397 e. The van der Waals surface area contributed by atoms with E-state index in [1.807, 2.05) is 0 Å². The van der Waals surface area contributed by atoms with E-state index in [4.69, 9.17) is 16.3 Å². The molecule has 2 aliphatic rings. The maximum absolute atomic E-state index is 10.3. The molecule has 0 N–H and O–H groups in total. The van der Waals surface area contributed by atoms with Gasteiger partial charge in [0, 0.05) is 0 Å². The summed E-state index contributed by atoms with van der Waals surface area (Å²) in [4.78, 5) is 10.3. The van der Waals surface area contributed by atoms with Crippen molar-refractivity contribution in [1.29, 1.82) is 0 Å². The topological polar surface area (TPSA) is 48.1 Å². The van der Waals surface area contributed by atoms with Gasteiger partial charge in [-0.1, -0.05) is 0 Å². The summed E-state index contributed by atoms with van der Waals surface area (Å²) in [5.74, 6) is -0.804. The van der Waals surface area contributed by atoms with Crippen LogP contribution >= 0.6 is 11.6 Å². The van der Waals surface area contributed by atoms with Gasteiger partial charge in [0.15, 0.2) is 0 Å². The Labute approximate surface area is 55.6 Å². The fourth-order valence-corrected chi connectivity index (χ4v) is 0.951. The van der Waals surface area contributed by atoms with Crippen molar-refractivity contribution in [1.82, 2.24) is 0 Å². The van der Waals surface area contributed by atoms with Crippen LogP contribution in [0.5, 0.6) is 0 Å². The molecule has 4 nitrogen and oxygen atoms in total. The van der Waals surface area contributed by atoms with Crippen molar-refractivity contribution in [2.45, 2.75) is 12.1 Å². The lowest BCUT2D eigenvalue weighted by atomic mass is 10.4. The maximum atomic E-state index is 10.3. The number of carbonyl (C=O) groups excluding carboxylic acids is 1.